The highest BCUT2D eigenvalue weighted by molar-refractivity contribution is 6.12. The molecule has 0 saturated heterocycles. The lowest BCUT2D eigenvalue weighted by Crippen LogP contribution is -2.67. The summed E-state index contributed by atoms with van der Waals surface area (Å²) >= 11 is 0. The molecule has 1 aliphatic heterocycles. The zero-order chi connectivity index (χ0) is 22.9. The number of allylic oxidation sites excluding steroid dienone is 1. The maximum absolute atomic E-state index is 13.2. The van der Waals surface area contributed by atoms with Gasteiger partial charge in [-0.2, -0.15) is 0 Å². The van der Waals surface area contributed by atoms with E-state index in [-0.39, 0.29) is 12.4 Å². The Morgan fingerprint density at radius 3 is 2.40 bits per heavy atom. The molecule has 164 valence electrons. The molecule has 10 heteroatoms. The summed E-state index contributed by atoms with van der Waals surface area (Å²) in [6, 6.07) is 0. The number of ketones is 1. The molecule has 0 aromatic rings. The van der Waals surface area contributed by atoms with Gasteiger partial charge >= 0.3 is 11.9 Å². The fourth-order valence-corrected chi connectivity index (χ4v) is 3.34. The number of carbonyl (C=O) groups excluding carboxylic acids is 5. The van der Waals surface area contributed by atoms with Crippen LogP contribution in [0.5, 0.6) is 0 Å². The number of carbonyl (C=O) groups is 5. The molecule has 0 aromatic carbocycles. The van der Waals surface area contributed by atoms with Gasteiger partial charge in [0.1, 0.15) is 0 Å². The topological polar surface area (TPSA) is 140 Å². The first-order chi connectivity index (χ1) is 13.8. The van der Waals surface area contributed by atoms with E-state index in [4.69, 9.17) is 9.47 Å². The molecule has 3 unspecified atom stereocenters. The molecule has 0 spiro atoms. The van der Waals surface area contributed by atoms with E-state index in [1.165, 1.54) is 6.92 Å². The highest BCUT2D eigenvalue weighted by Gasteiger charge is 2.59. The number of aliphatic imine (C=N–C) groups is 1. The maximum atomic E-state index is 13.2. The molecule has 2 amide bonds. The molecule has 1 heterocycles. The molecule has 1 aliphatic carbocycles. The number of hydrogen-bond acceptors (Lipinski definition) is 8. The highest BCUT2D eigenvalue weighted by atomic mass is 16.5. The van der Waals surface area contributed by atoms with Crippen LogP contribution in [0.2, 0.25) is 0 Å². The Morgan fingerprint density at radius 1 is 1.23 bits per heavy atom. The van der Waals surface area contributed by atoms with E-state index in [0.29, 0.717) is 0 Å². The van der Waals surface area contributed by atoms with Crippen molar-refractivity contribution in [2.24, 2.45) is 16.3 Å². The number of nitrogens with one attached hydrogen (secondary N) is 2. The summed E-state index contributed by atoms with van der Waals surface area (Å²) in [5, 5.41) is 5.02. The van der Waals surface area contributed by atoms with Crippen LogP contribution in [0.4, 0.5) is 0 Å². The predicted molar refractivity (Wildman–Crippen MR) is 105 cm³/mol. The van der Waals surface area contributed by atoms with E-state index in [2.05, 4.69) is 15.6 Å². The van der Waals surface area contributed by atoms with Crippen molar-refractivity contribution in [2.75, 3.05) is 6.61 Å². The molecule has 3 atom stereocenters. The van der Waals surface area contributed by atoms with Crippen molar-refractivity contribution >= 4 is 35.5 Å². The van der Waals surface area contributed by atoms with E-state index in [9.17, 15) is 24.0 Å². The monoisotopic (exact) mass is 421 g/mol. The lowest BCUT2D eigenvalue weighted by atomic mass is 9.68. The Labute approximate surface area is 174 Å². The number of amides is 2. The fourth-order valence-electron chi connectivity index (χ4n) is 3.34. The molecular weight excluding hydrogens is 394 g/mol. The van der Waals surface area contributed by atoms with Crippen molar-refractivity contribution in [3.63, 3.8) is 0 Å². The SMILES string of the molecule is CC(=O)OCC(=O)C12N=C(NC(=O)C(C)(C)C)NC(=O)C1CC(C)=CC2OC(C)=O. The molecule has 30 heavy (non-hydrogen) atoms. The Balaban J connectivity index is 2.61. The van der Waals surface area contributed by atoms with Crippen LogP contribution in [-0.2, 0) is 33.4 Å². The minimum absolute atomic E-state index is 0.180. The first-order valence-corrected chi connectivity index (χ1v) is 9.50. The third-order valence-electron chi connectivity index (χ3n) is 4.84. The Hall–Kier alpha value is -3.04. The van der Waals surface area contributed by atoms with Crippen LogP contribution in [0.15, 0.2) is 16.6 Å². The summed E-state index contributed by atoms with van der Waals surface area (Å²) in [7, 11) is 0. The fraction of sp³-hybridized carbons (Fsp3) is 0.600. The molecule has 0 aromatic heterocycles. The van der Waals surface area contributed by atoms with Gasteiger partial charge in [0.15, 0.2) is 18.2 Å². The number of Topliss-reactive ketones (excluding diaryl/α,β-unsaturated/α-hetero) is 1. The molecule has 10 nitrogen and oxygen atoms in total. The number of esters is 2. The number of rotatable bonds is 4. The smallest absolute Gasteiger partial charge is 0.303 e. The van der Waals surface area contributed by atoms with Crippen LogP contribution in [0, 0.1) is 11.3 Å². The highest BCUT2D eigenvalue weighted by Crippen LogP contribution is 2.41. The Morgan fingerprint density at radius 2 is 1.87 bits per heavy atom. The summed E-state index contributed by atoms with van der Waals surface area (Å²) in [6.07, 6.45) is 0.526. The van der Waals surface area contributed by atoms with Crippen LogP contribution in [0.1, 0.15) is 48.0 Å². The van der Waals surface area contributed by atoms with E-state index in [0.717, 1.165) is 12.5 Å². The van der Waals surface area contributed by atoms with E-state index in [1.54, 1.807) is 33.8 Å². The molecule has 0 saturated carbocycles. The van der Waals surface area contributed by atoms with Gasteiger partial charge < -0.3 is 9.47 Å². The predicted octanol–water partition coefficient (Wildman–Crippen LogP) is 0.403. The lowest BCUT2D eigenvalue weighted by Gasteiger charge is -2.45. The number of fused-ring (bicyclic) bond motifs is 1. The van der Waals surface area contributed by atoms with Crippen molar-refractivity contribution in [1.29, 1.82) is 0 Å². The van der Waals surface area contributed by atoms with E-state index < -0.39 is 59.1 Å². The number of ether oxygens (including phenoxy) is 2. The third kappa shape index (κ3) is 4.74. The zero-order valence-corrected chi connectivity index (χ0v) is 18.0. The van der Waals surface area contributed by atoms with Gasteiger partial charge in [-0.15, -0.1) is 0 Å². The second kappa shape index (κ2) is 8.37. The second-order valence-corrected chi connectivity index (χ2v) is 8.48. The summed E-state index contributed by atoms with van der Waals surface area (Å²) in [5.41, 5.74) is -1.93. The van der Waals surface area contributed by atoms with E-state index in [1.807, 2.05) is 0 Å². The van der Waals surface area contributed by atoms with Crippen molar-refractivity contribution in [1.82, 2.24) is 10.6 Å². The normalized spacial score (nSPS) is 25.7. The van der Waals surface area contributed by atoms with Crippen molar-refractivity contribution in [3.8, 4) is 0 Å². The van der Waals surface area contributed by atoms with Crippen molar-refractivity contribution in [2.45, 2.75) is 59.6 Å². The summed E-state index contributed by atoms with van der Waals surface area (Å²) in [4.78, 5) is 65.9. The Bertz CT molecular complexity index is 853. The van der Waals surface area contributed by atoms with Gasteiger partial charge in [-0.25, -0.2) is 4.99 Å². The van der Waals surface area contributed by atoms with Crippen molar-refractivity contribution < 1.29 is 33.4 Å². The Kier molecular flexibility index (Phi) is 6.48. The minimum Gasteiger partial charge on any atom is -0.458 e. The molecule has 0 fully saturated rings. The average molecular weight is 421 g/mol. The average Bonchev–Trinajstić information content (AvgIpc) is 2.59. The molecule has 0 radical (unpaired) electrons. The first kappa shape index (κ1) is 23.2. The van der Waals surface area contributed by atoms with Crippen LogP contribution in [0.25, 0.3) is 0 Å². The van der Waals surface area contributed by atoms with Crippen LogP contribution >= 0.6 is 0 Å². The standard InChI is InChI=1S/C20H27N3O7/c1-10-7-13-16(27)21-18(22-17(28)19(4,5)6)23-20(13,14(26)9-29-11(2)24)15(8-10)30-12(3)25/h8,13,15H,7,9H2,1-6H3,(H2,21,22,23,27,28). The van der Waals surface area contributed by atoms with Gasteiger partial charge in [0.25, 0.3) is 0 Å². The summed E-state index contributed by atoms with van der Waals surface area (Å²) in [6.45, 7) is 8.41. The second-order valence-electron chi connectivity index (χ2n) is 8.48. The number of guanidine groups is 1. The van der Waals surface area contributed by atoms with Gasteiger partial charge in [-0.3, -0.25) is 34.6 Å². The maximum Gasteiger partial charge on any atom is 0.303 e. The number of nitrogens with zero attached hydrogens (tertiary/aromatic N) is 1. The van der Waals surface area contributed by atoms with Gasteiger partial charge in [0.05, 0.1) is 5.92 Å². The first-order valence-electron chi connectivity index (χ1n) is 9.50. The van der Waals surface area contributed by atoms with Gasteiger partial charge in [0.2, 0.25) is 23.6 Å². The lowest BCUT2D eigenvalue weighted by molar-refractivity contribution is -0.159. The van der Waals surface area contributed by atoms with E-state index >= 15 is 0 Å². The quantitative estimate of drug-likeness (QED) is 0.495. The number of hydrogen-bond donors (Lipinski definition) is 2. The van der Waals surface area contributed by atoms with Crippen LogP contribution in [0.3, 0.4) is 0 Å². The molecular formula is C20H27N3O7. The van der Waals surface area contributed by atoms with Gasteiger partial charge in [0, 0.05) is 19.3 Å². The van der Waals surface area contributed by atoms with Gasteiger partial charge in [-0.1, -0.05) is 26.3 Å². The molecule has 2 N–H and O–H groups in total. The third-order valence-corrected chi connectivity index (χ3v) is 4.84. The zero-order valence-electron chi connectivity index (χ0n) is 18.0. The molecule has 2 rings (SSSR count). The summed E-state index contributed by atoms with van der Waals surface area (Å²) < 4.78 is 10.2. The van der Waals surface area contributed by atoms with Crippen LogP contribution < -0.4 is 10.6 Å². The largest absolute Gasteiger partial charge is 0.458 e. The van der Waals surface area contributed by atoms with Crippen LogP contribution in [-0.4, -0.2) is 53.7 Å². The minimum atomic E-state index is -1.87. The van der Waals surface area contributed by atoms with Gasteiger partial charge in [-0.05, 0) is 19.4 Å². The molecule has 2 aliphatic rings. The van der Waals surface area contributed by atoms with Crippen molar-refractivity contribution in [3.05, 3.63) is 11.6 Å². The molecule has 0 bridgehead atoms. The summed E-state index contributed by atoms with van der Waals surface area (Å²) in [5.74, 6) is -4.30.